The number of fused-ring (bicyclic) bond motifs is 1. The molecule has 2 aromatic heterocycles. The van der Waals surface area contributed by atoms with E-state index in [0.717, 1.165) is 11.4 Å². The molecule has 1 N–H and O–H groups in total. The Balaban J connectivity index is 1.65. The van der Waals surface area contributed by atoms with Crippen LogP contribution in [-0.2, 0) is 13.0 Å². The number of aromatic nitrogens is 5. The monoisotopic (exact) mass is 420 g/mol. The van der Waals surface area contributed by atoms with E-state index >= 15 is 0 Å². The third kappa shape index (κ3) is 3.50. The van der Waals surface area contributed by atoms with E-state index in [4.69, 9.17) is 11.6 Å². The first kappa shape index (κ1) is 19.5. The zero-order chi connectivity index (χ0) is 20.7. The Morgan fingerprint density at radius 3 is 2.83 bits per heavy atom. The van der Waals surface area contributed by atoms with Crippen molar-refractivity contribution in [2.75, 3.05) is 11.4 Å². The van der Waals surface area contributed by atoms with Crippen molar-refractivity contribution in [3.05, 3.63) is 68.1 Å². The van der Waals surface area contributed by atoms with Gasteiger partial charge in [0.25, 0.3) is 5.56 Å². The fourth-order valence-electron chi connectivity index (χ4n) is 3.74. The summed E-state index contributed by atoms with van der Waals surface area (Å²) in [6.45, 7) is 4.29. The van der Waals surface area contributed by atoms with Crippen LogP contribution in [0.3, 0.4) is 0 Å². The van der Waals surface area contributed by atoms with Gasteiger partial charge < -0.3 is 4.90 Å². The van der Waals surface area contributed by atoms with Crippen LogP contribution in [0.2, 0.25) is 5.02 Å². The minimum absolute atomic E-state index is 0.0806. The van der Waals surface area contributed by atoms with Crippen molar-refractivity contribution in [3.63, 3.8) is 0 Å². The molecule has 29 heavy (non-hydrogen) atoms. The molecule has 1 unspecified atom stereocenters. The quantitative estimate of drug-likeness (QED) is 0.700. The van der Waals surface area contributed by atoms with Crippen molar-refractivity contribution in [3.8, 4) is 0 Å². The number of aromatic amines is 1. The molecule has 0 saturated heterocycles. The Hall–Kier alpha value is -2.81. The highest BCUT2D eigenvalue weighted by Crippen LogP contribution is 2.32. The van der Waals surface area contributed by atoms with Gasteiger partial charge >= 0.3 is 0 Å². The fraction of sp³-hybridized carbons (Fsp3) is 0.368. The summed E-state index contributed by atoms with van der Waals surface area (Å²) in [5.74, 6) is -0.472. The van der Waals surface area contributed by atoms with E-state index in [2.05, 4.69) is 20.5 Å². The van der Waals surface area contributed by atoms with Gasteiger partial charge in [-0.3, -0.25) is 4.79 Å². The summed E-state index contributed by atoms with van der Waals surface area (Å²) < 4.78 is 29.4. The first-order chi connectivity index (χ1) is 13.9. The molecule has 4 rings (SSSR count). The average molecular weight is 421 g/mol. The molecule has 0 spiro atoms. The predicted octanol–water partition coefficient (Wildman–Crippen LogP) is 3.36. The molecule has 1 aromatic carbocycles. The van der Waals surface area contributed by atoms with E-state index in [0.29, 0.717) is 36.3 Å². The number of hydrogen-bond donors (Lipinski definition) is 1. The van der Waals surface area contributed by atoms with Gasteiger partial charge in [-0.15, -0.1) is 5.10 Å². The summed E-state index contributed by atoms with van der Waals surface area (Å²) in [5.41, 5.74) is 2.73. The van der Waals surface area contributed by atoms with Crippen LogP contribution in [-0.4, -0.2) is 31.7 Å². The molecule has 0 radical (unpaired) electrons. The van der Waals surface area contributed by atoms with Gasteiger partial charge in [0.05, 0.1) is 30.2 Å². The SMILES string of the molecule is CC(F)c1cc(F)ccc1[C@H](C)n1nnc2c1CCN(c1cn[nH]c(=O)c1Cl)C2. The van der Waals surface area contributed by atoms with E-state index in [1.54, 1.807) is 10.7 Å². The number of nitrogens with zero attached hydrogens (tertiary/aromatic N) is 5. The smallest absolute Gasteiger partial charge is 0.285 e. The zero-order valence-corrected chi connectivity index (χ0v) is 16.6. The summed E-state index contributed by atoms with van der Waals surface area (Å²) in [6.07, 6.45) is 0.816. The van der Waals surface area contributed by atoms with Gasteiger partial charge in [-0.2, -0.15) is 5.10 Å². The van der Waals surface area contributed by atoms with Gasteiger partial charge in [0.1, 0.15) is 22.7 Å². The van der Waals surface area contributed by atoms with Crippen molar-refractivity contribution in [2.45, 2.75) is 39.0 Å². The Bertz CT molecular complexity index is 1110. The molecule has 0 aliphatic carbocycles. The zero-order valence-electron chi connectivity index (χ0n) is 15.9. The Morgan fingerprint density at radius 1 is 1.28 bits per heavy atom. The molecule has 0 saturated carbocycles. The Kier molecular flexibility index (Phi) is 5.08. The summed E-state index contributed by atoms with van der Waals surface area (Å²) >= 11 is 6.12. The number of rotatable bonds is 4. The first-order valence-electron chi connectivity index (χ1n) is 9.21. The molecule has 1 aliphatic heterocycles. The van der Waals surface area contributed by atoms with Crippen molar-refractivity contribution in [2.24, 2.45) is 0 Å². The number of alkyl halides is 1. The van der Waals surface area contributed by atoms with Gasteiger partial charge in [-0.25, -0.2) is 18.6 Å². The summed E-state index contributed by atoms with van der Waals surface area (Å²) in [4.78, 5) is 13.6. The average Bonchev–Trinajstić information content (AvgIpc) is 3.12. The number of halogens is 3. The van der Waals surface area contributed by atoms with E-state index in [9.17, 15) is 13.6 Å². The third-order valence-electron chi connectivity index (χ3n) is 5.24. The van der Waals surface area contributed by atoms with E-state index < -0.39 is 17.5 Å². The second-order valence-electron chi connectivity index (χ2n) is 7.06. The van der Waals surface area contributed by atoms with Gasteiger partial charge in [0.2, 0.25) is 0 Å². The van der Waals surface area contributed by atoms with Crippen molar-refractivity contribution in [1.29, 1.82) is 0 Å². The van der Waals surface area contributed by atoms with Crippen molar-refractivity contribution >= 4 is 17.3 Å². The molecule has 2 atom stereocenters. The largest absolute Gasteiger partial charge is 0.362 e. The maximum Gasteiger partial charge on any atom is 0.285 e. The molecule has 0 bridgehead atoms. The van der Waals surface area contributed by atoms with Crippen LogP contribution in [0.5, 0.6) is 0 Å². The van der Waals surface area contributed by atoms with Crippen LogP contribution in [0.25, 0.3) is 0 Å². The molecule has 10 heteroatoms. The number of benzene rings is 1. The van der Waals surface area contributed by atoms with Gasteiger partial charge in [-0.05, 0) is 37.1 Å². The summed E-state index contributed by atoms with van der Waals surface area (Å²) in [7, 11) is 0. The topological polar surface area (TPSA) is 79.7 Å². The minimum Gasteiger partial charge on any atom is -0.362 e. The molecule has 0 amide bonds. The predicted molar refractivity (Wildman–Crippen MR) is 104 cm³/mol. The van der Waals surface area contributed by atoms with Crippen LogP contribution in [0, 0.1) is 5.82 Å². The summed E-state index contributed by atoms with van der Waals surface area (Å²) in [5, 5.41) is 14.7. The fourth-order valence-corrected chi connectivity index (χ4v) is 3.95. The summed E-state index contributed by atoms with van der Waals surface area (Å²) in [6, 6.07) is 3.83. The van der Waals surface area contributed by atoms with E-state index in [1.165, 1.54) is 25.3 Å². The molecular formula is C19H19ClF2N6O. The molecule has 3 aromatic rings. The van der Waals surface area contributed by atoms with Crippen LogP contribution >= 0.6 is 11.6 Å². The Morgan fingerprint density at radius 2 is 2.07 bits per heavy atom. The van der Waals surface area contributed by atoms with Gasteiger partial charge in [0.15, 0.2) is 0 Å². The lowest BCUT2D eigenvalue weighted by Crippen LogP contribution is -2.33. The van der Waals surface area contributed by atoms with Crippen LogP contribution < -0.4 is 10.5 Å². The van der Waals surface area contributed by atoms with E-state index in [1.807, 2.05) is 11.8 Å². The second-order valence-corrected chi connectivity index (χ2v) is 7.44. The molecule has 152 valence electrons. The molecule has 0 fully saturated rings. The van der Waals surface area contributed by atoms with Gasteiger partial charge in [-0.1, -0.05) is 22.9 Å². The van der Waals surface area contributed by atoms with Crippen LogP contribution in [0.15, 0.2) is 29.2 Å². The highest BCUT2D eigenvalue weighted by molar-refractivity contribution is 6.32. The molecule has 3 heterocycles. The molecular weight excluding hydrogens is 402 g/mol. The maximum absolute atomic E-state index is 14.1. The first-order valence-corrected chi connectivity index (χ1v) is 9.59. The third-order valence-corrected chi connectivity index (χ3v) is 5.61. The minimum atomic E-state index is -1.30. The molecule has 1 aliphatic rings. The standard InChI is InChI=1S/C19H19ClF2N6O/c1-10(21)14-7-12(22)3-4-13(14)11(2)28-16-5-6-27(9-15(16)24-26-28)17-8-23-25-19(29)18(17)20/h3-4,7-8,10-11H,5-6,9H2,1-2H3,(H,25,29)/t10?,11-/m0/s1. The van der Waals surface area contributed by atoms with Gasteiger partial charge in [0, 0.05) is 13.0 Å². The number of anilines is 1. The highest BCUT2D eigenvalue weighted by atomic mass is 35.5. The number of nitrogens with one attached hydrogen (secondary N) is 1. The van der Waals surface area contributed by atoms with Crippen LogP contribution in [0.1, 0.15) is 48.6 Å². The number of H-pyrrole nitrogens is 1. The van der Waals surface area contributed by atoms with Crippen molar-refractivity contribution < 1.29 is 8.78 Å². The highest BCUT2D eigenvalue weighted by Gasteiger charge is 2.27. The Labute approximate surface area is 170 Å². The number of hydrogen-bond acceptors (Lipinski definition) is 5. The molecule has 7 nitrogen and oxygen atoms in total. The van der Waals surface area contributed by atoms with Crippen molar-refractivity contribution in [1.82, 2.24) is 25.2 Å². The lowest BCUT2D eigenvalue weighted by atomic mass is 9.98. The van der Waals surface area contributed by atoms with E-state index in [-0.39, 0.29) is 11.1 Å². The van der Waals surface area contributed by atoms with Crippen LogP contribution in [0.4, 0.5) is 14.5 Å². The maximum atomic E-state index is 14.1. The lowest BCUT2D eigenvalue weighted by Gasteiger charge is -2.29. The lowest BCUT2D eigenvalue weighted by molar-refractivity contribution is 0.366. The second kappa shape index (κ2) is 7.55. The normalized spacial score (nSPS) is 15.8.